The molecule has 3 rings (SSSR count). The van der Waals surface area contributed by atoms with E-state index in [1.54, 1.807) is 0 Å². The van der Waals surface area contributed by atoms with Gasteiger partial charge in [0.1, 0.15) is 0 Å². The molecule has 0 spiro atoms. The van der Waals surface area contributed by atoms with Crippen LogP contribution in [0.15, 0.2) is 72.8 Å². The summed E-state index contributed by atoms with van der Waals surface area (Å²) in [5.41, 5.74) is -1.31. The molecule has 0 unspecified atom stereocenters. The molecular formula is C24H19KO12S. The first-order valence-corrected chi connectivity index (χ1v) is 9.53. The first kappa shape index (κ1) is 36.6. The third-order valence-corrected chi connectivity index (χ3v) is 4.15. The van der Waals surface area contributed by atoms with Crippen LogP contribution in [-0.2, 0) is 0 Å². The van der Waals surface area contributed by atoms with E-state index in [1.807, 2.05) is 0 Å². The minimum Gasteiger partial charge on any atom is -0.545 e. The number of carbonyl (C=O) groups excluding carboxylic acids is 1. The molecule has 194 valence electrons. The molecule has 3 aromatic rings. The van der Waals surface area contributed by atoms with Crippen LogP contribution in [-0.4, -0.2) is 61.3 Å². The molecular weight excluding hydrogens is 551 g/mol. The summed E-state index contributed by atoms with van der Waals surface area (Å²) in [7, 11) is 0. The van der Waals surface area contributed by atoms with Gasteiger partial charge in [-0.3, -0.25) is 0 Å². The molecule has 0 fully saturated rings. The van der Waals surface area contributed by atoms with Crippen molar-refractivity contribution in [2.24, 2.45) is 0 Å². The second kappa shape index (κ2) is 17.8. The molecule has 0 aliphatic carbocycles. The van der Waals surface area contributed by atoms with Gasteiger partial charge in [0.25, 0.3) is 0 Å². The van der Waals surface area contributed by atoms with Crippen LogP contribution in [0.25, 0.3) is 0 Å². The van der Waals surface area contributed by atoms with Crippen molar-refractivity contribution in [2.45, 2.75) is 0 Å². The van der Waals surface area contributed by atoms with Gasteiger partial charge in [0.2, 0.25) is 0 Å². The summed E-state index contributed by atoms with van der Waals surface area (Å²) in [5.74, 6) is -7.66. The Hall–Kier alpha value is -3.53. The topological polar surface area (TPSA) is 227 Å². The van der Waals surface area contributed by atoms with Crippen molar-refractivity contribution in [1.82, 2.24) is 0 Å². The van der Waals surface area contributed by atoms with Gasteiger partial charge >= 0.3 is 81.2 Å². The Labute approximate surface area is 264 Å². The molecule has 0 saturated carbocycles. The molecule has 5 N–H and O–H groups in total. The SMILES string of the molecule is O=C(O)c1ccccc1C(=O)O.O=C(O)c1ccccc1C(=O)O.O=C([O-])c1ccccc1C(=O)O.S.[K+]. The average molecular weight is 571 g/mol. The van der Waals surface area contributed by atoms with Gasteiger partial charge in [0, 0.05) is 5.56 Å². The van der Waals surface area contributed by atoms with Gasteiger partial charge in [-0.25, -0.2) is 24.0 Å². The number of aromatic carboxylic acids is 6. The maximum atomic E-state index is 10.5. The van der Waals surface area contributed by atoms with Crippen LogP contribution in [0, 0.1) is 0 Å². The maximum Gasteiger partial charge on any atom is 1.00 e. The summed E-state index contributed by atoms with van der Waals surface area (Å²) < 4.78 is 0. The van der Waals surface area contributed by atoms with Gasteiger partial charge in [0.05, 0.1) is 33.8 Å². The molecule has 0 aliphatic rings. The van der Waals surface area contributed by atoms with Gasteiger partial charge < -0.3 is 35.4 Å². The Kier molecular flexibility index (Phi) is 17.2. The number of hydrogen-bond acceptors (Lipinski definition) is 7. The van der Waals surface area contributed by atoms with Crippen molar-refractivity contribution in [3.05, 3.63) is 106 Å². The number of carboxylic acids is 6. The fourth-order valence-electron chi connectivity index (χ4n) is 2.56. The van der Waals surface area contributed by atoms with Crippen LogP contribution in [0.3, 0.4) is 0 Å². The normalized spacial score (nSPS) is 8.84. The number of carbonyl (C=O) groups is 6. The third-order valence-electron chi connectivity index (χ3n) is 4.15. The van der Waals surface area contributed by atoms with Gasteiger partial charge in [0.15, 0.2) is 0 Å². The monoisotopic (exact) mass is 570 g/mol. The van der Waals surface area contributed by atoms with Gasteiger partial charge in [-0.05, 0) is 30.3 Å². The quantitative estimate of drug-likeness (QED) is 0.226. The van der Waals surface area contributed by atoms with E-state index in [4.69, 9.17) is 25.5 Å². The molecule has 12 nitrogen and oxygen atoms in total. The molecule has 38 heavy (non-hydrogen) atoms. The summed E-state index contributed by atoms with van der Waals surface area (Å²) in [4.78, 5) is 62.6. The minimum absolute atomic E-state index is 0. The maximum absolute atomic E-state index is 10.5. The van der Waals surface area contributed by atoms with Crippen molar-refractivity contribution < 1.29 is 111 Å². The van der Waals surface area contributed by atoms with Crippen molar-refractivity contribution in [3.63, 3.8) is 0 Å². The summed E-state index contributed by atoms with van der Waals surface area (Å²) >= 11 is 0. The van der Waals surface area contributed by atoms with Crippen molar-refractivity contribution in [1.29, 1.82) is 0 Å². The van der Waals surface area contributed by atoms with Gasteiger partial charge in [-0.15, -0.1) is 0 Å². The van der Waals surface area contributed by atoms with E-state index >= 15 is 0 Å². The van der Waals surface area contributed by atoms with Crippen molar-refractivity contribution in [3.8, 4) is 0 Å². The van der Waals surface area contributed by atoms with Gasteiger partial charge in [-0.1, -0.05) is 42.5 Å². The number of rotatable bonds is 6. The Bertz CT molecular complexity index is 1060. The van der Waals surface area contributed by atoms with Crippen molar-refractivity contribution in [2.75, 3.05) is 0 Å². The molecule has 0 atom stereocenters. The standard InChI is InChI=1S/3C8H6O4.K.H2S/c3*9-7(10)5-3-1-2-4-6(5)8(11)12;;/h3*1-4H,(H,9,10)(H,11,12);;1H2/q;;;+1;/p-1. The molecule has 0 radical (unpaired) electrons. The van der Waals surface area contributed by atoms with Crippen LogP contribution in [0.2, 0.25) is 0 Å². The Morgan fingerprint density at radius 1 is 0.421 bits per heavy atom. The first-order chi connectivity index (χ1) is 16.9. The summed E-state index contributed by atoms with van der Waals surface area (Å²) in [6.45, 7) is 0. The van der Waals surface area contributed by atoms with E-state index in [0.29, 0.717) is 0 Å². The zero-order valence-electron chi connectivity index (χ0n) is 19.5. The Morgan fingerprint density at radius 2 is 0.579 bits per heavy atom. The van der Waals surface area contributed by atoms with Crippen molar-refractivity contribution >= 4 is 49.3 Å². The molecule has 0 heterocycles. The second-order valence-corrected chi connectivity index (χ2v) is 6.45. The molecule has 3 aromatic carbocycles. The fourth-order valence-corrected chi connectivity index (χ4v) is 2.56. The molecule has 0 saturated heterocycles. The Morgan fingerprint density at radius 3 is 0.711 bits per heavy atom. The third kappa shape index (κ3) is 11.2. The number of hydrogen-bond donors (Lipinski definition) is 5. The predicted molar refractivity (Wildman–Crippen MR) is 129 cm³/mol. The molecule has 0 aliphatic heterocycles. The number of benzene rings is 3. The number of carboxylic acid groups (broad SMARTS) is 6. The van der Waals surface area contributed by atoms with E-state index < -0.39 is 35.8 Å². The van der Waals surface area contributed by atoms with E-state index in [9.17, 15) is 33.9 Å². The van der Waals surface area contributed by atoms with E-state index in [-0.39, 0.29) is 98.3 Å². The fraction of sp³-hybridized carbons (Fsp3) is 0. The largest absolute Gasteiger partial charge is 1.00 e. The zero-order valence-corrected chi connectivity index (χ0v) is 23.6. The van der Waals surface area contributed by atoms with Crippen LogP contribution in [0.1, 0.15) is 62.1 Å². The molecule has 14 heteroatoms. The van der Waals surface area contributed by atoms with Gasteiger partial charge in [-0.2, -0.15) is 13.5 Å². The first-order valence-electron chi connectivity index (χ1n) is 9.53. The summed E-state index contributed by atoms with van der Waals surface area (Å²) in [6, 6.07) is 16.3. The minimum atomic E-state index is -1.48. The van der Waals surface area contributed by atoms with Crippen LogP contribution >= 0.6 is 13.5 Å². The summed E-state index contributed by atoms with van der Waals surface area (Å²) in [6.07, 6.45) is 0. The Balaban J connectivity index is 0. The molecule has 0 amide bonds. The second-order valence-electron chi connectivity index (χ2n) is 6.45. The summed E-state index contributed by atoms with van der Waals surface area (Å²) in [5, 5.41) is 53.1. The van der Waals surface area contributed by atoms with Crippen LogP contribution in [0.5, 0.6) is 0 Å². The average Bonchev–Trinajstić information content (AvgIpc) is 2.84. The molecule has 0 bridgehead atoms. The van der Waals surface area contributed by atoms with Crippen LogP contribution < -0.4 is 56.5 Å². The van der Waals surface area contributed by atoms with Crippen LogP contribution in [0.4, 0.5) is 0 Å². The predicted octanol–water partition coefficient (Wildman–Crippen LogP) is -0.969. The van der Waals surface area contributed by atoms with E-state index in [0.717, 1.165) is 0 Å². The smallest absolute Gasteiger partial charge is 0.545 e. The molecule has 0 aromatic heterocycles. The van der Waals surface area contributed by atoms with E-state index in [1.165, 1.54) is 72.8 Å². The zero-order chi connectivity index (χ0) is 27.4. The van der Waals surface area contributed by atoms with E-state index in [2.05, 4.69) is 0 Å².